The van der Waals surface area contributed by atoms with Crippen LogP contribution in [0.25, 0.3) is 16.7 Å². The van der Waals surface area contributed by atoms with Gasteiger partial charge in [0.05, 0.1) is 23.9 Å². The lowest BCUT2D eigenvalue weighted by Gasteiger charge is -2.31. The number of hydrogen-bond donors (Lipinski definition) is 1. The number of aromatic nitrogens is 7. The van der Waals surface area contributed by atoms with Crippen LogP contribution in [0.15, 0.2) is 55.4 Å². The zero-order chi connectivity index (χ0) is 23.8. The molecule has 11 nitrogen and oxygen atoms in total. The van der Waals surface area contributed by atoms with Crippen LogP contribution in [0.4, 0.5) is 17.5 Å². The highest BCUT2D eigenvalue weighted by atomic mass is 35.5. The molecular formula is C23H20ClN9O2. The van der Waals surface area contributed by atoms with Gasteiger partial charge in [-0.2, -0.15) is 5.10 Å². The molecule has 1 aliphatic heterocycles. The van der Waals surface area contributed by atoms with E-state index in [1.54, 1.807) is 41.2 Å². The fourth-order valence-corrected chi connectivity index (χ4v) is 4.09. The third kappa shape index (κ3) is 4.38. The first-order valence-electron chi connectivity index (χ1n) is 11.0. The van der Waals surface area contributed by atoms with Gasteiger partial charge in [-0.05, 0) is 31.2 Å². The normalized spacial score (nSPS) is 16.1. The lowest BCUT2D eigenvalue weighted by molar-refractivity contribution is 0.0526. The molecule has 1 saturated heterocycles. The molecule has 0 aliphatic carbocycles. The SMILES string of the molecule is C[C@H]1CN(c2ncc3ncnc(Nc4ccc(Oc5ccn6ncnc6c5)c(Cl)c4)c3n2)CCO1. The molecule has 0 amide bonds. The molecule has 1 aliphatic rings. The van der Waals surface area contributed by atoms with Gasteiger partial charge in [-0.3, -0.25) is 0 Å². The number of halogens is 1. The highest BCUT2D eigenvalue weighted by Gasteiger charge is 2.20. The average Bonchev–Trinajstić information content (AvgIpc) is 3.34. The Labute approximate surface area is 204 Å². The second-order valence-corrected chi connectivity index (χ2v) is 8.46. The number of morpholine rings is 1. The van der Waals surface area contributed by atoms with E-state index in [9.17, 15) is 0 Å². The smallest absolute Gasteiger partial charge is 0.226 e. The minimum atomic E-state index is 0.119. The van der Waals surface area contributed by atoms with Crippen molar-refractivity contribution < 1.29 is 9.47 Å². The first-order valence-corrected chi connectivity index (χ1v) is 11.4. The van der Waals surface area contributed by atoms with E-state index in [4.69, 9.17) is 26.1 Å². The van der Waals surface area contributed by atoms with E-state index in [2.05, 4.69) is 35.3 Å². The Kier molecular flexibility index (Phi) is 5.47. The molecule has 0 unspecified atom stereocenters. The zero-order valence-corrected chi connectivity index (χ0v) is 19.4. The summed E-state index contributed by atoms with van der Waals surface area (Å²) >= 11 is 6.53. The summed E-state index contributed by atoms with van der Waals surface area (Å²) in [6, 6.07) is 9.00. The molecule has 35 heavy (non-hydrogen) atoms. The summed E-state index contributed by atoms with van der Waals surface area (Å²) < 4.78 is 13.2. The third-order valence-corrected chi connectivity index (χ3v) is 5.86. The number of anilines is 3. The van der Waals surface area contributed by atoms with Crippen LogP contribution in [0.1, 0.15) is 6.92 Å². The maximum atomic E-state index is 6.53. The highest BCUT2D eigenvalue weighted by molar-refractivity contribution is 6.32. The van der Waals surface area contributed by atoms with Gasteiger partial charge in [0.1, 0.15) is 35.2 Å². The van der Waals surface area contributed by atoms with Crippen molar-refractivity contribution in [3.8, 4) is 11.5 Å². The number of nitrogens with zero attached hydrogens (tertiary/aromatic N) is 8. The first kappa shape index (κ1) is 21.4. The van der Waals surface area contributed by atoms with E-state index in [1.165, 1.54) is 12.7 Å². The molecule has 0 spiro atoms. The molecule has 1 atom stereocenters. The molecule has 12 heteroatoms. The molecule has 1 N–H and O–H groups in total. The van der Waals surface area contributed by atoms with E-state index in [0.717, 1.165) is 18.8 Å². The molecule has 6 rings (SSSR count). The Morgan fingerprint density at radius 3 is 2.94 bits per heavy atom. The van der Waals surface area contributed by atoms with Crippen LogP contribution >= 0.6 is 11.6 Å². The van der Waals surface area contributed by atoms with Crippen molar-refractivity contribution in [1.82, 2.24) is 34.5 Å². The van der Waals surface area contributed by atoms with Gasteiger partial charge in [0.25, 0.3) is 0 Å². The predicted molar refractivity (Wildman–Crippen MR) is 131 cm³/mol. The number of benzene rings is 1. The lowest BCUT2D eigenvalue weighted by atomic mass is 10.3. The first-order chi connectivity index (χ1) is 17.1. The summed E-state index contributed by atoms with van der Waals surface area (Å²) in [5.41, 5.74) is 2.67. The molecular weight excluding hydrogens is 470 g/mol. The second kappa shape index (κ2) is 8.93. The van der Waals surface area contributed by atoms with Crippen molar-refractivity contribution in [2.75, 3.05) is 29.9 Å². The van der Waals surface area contributed by atoms with Crippen molar-refractivity contribution in [2.24, 2.45) is 0 Å². The Hall–Kier alpha value is -4.09. The summed E-state index contributed by atoms with van der Waals surface area (Å²) in [4.78, 5) is 24.2. The fraction of sp³-hybridized carbons (Fsp3) is 0.217. The molecule has 0 radical (unpaired) electrons. The van der Waals surface area contributed by atoms with E-state index in [0.29, 0.717) is 51.6 Å². The van der Waals surface area contributed by atoms with Crippen LogP contribution in [0.3, 0.4) is 0 Å². The molecule has 1 aromatic carbocycles. The summed E-state index contributed by atoms with van der Waals surface area (Å²) in [6.07, 6.45) is 6.56. The van der Waals surface area contributed by atoms with Gasteiger partial charge < -0.3 is 19.7 Å². The van der Waals surface area contributed by atoms with Crippen LogP contribution in [-0.2, 0) is 4.74 Å². The minimum Gasteiger partial charge on any atom is -0.456 e. The largest absolute Gasteiger partial charge is 0.456 e. The number of rotatable bonds is 5. The van der Waals surface area contributed by atoms with Gasteiger partial charge in [0.15, 0.2) is 11.5 Å². The Balaban J connectivity index is 1.25. The van der Waals surface area contributed by atoms with Gasteiger partial charge >= 0.3 is 0 Å². The van der Waals surface area contributed by atoms with Crippen LogP contribution in [-0.4, -0.2) is 60.3 Å². The molecule has 1 fully saturated rings. The Morgan fingerprint density at radius 2 is 2.06 bits per heavy atom. The lowest BCUT2D eigenvalue weighted by Crippen LogP contribution is -2.42. The van der Waals surface area contributed by atoms with E-state index < -0.39 is 0 Å². The minimum absolute atomic E-state index is 0.119. The van der Waals surface area contributed by atoms with Crippen molar-refractivity contribution in [3.63, 3.8) is 0 Å². The maximum absolute atomic E-state index is 6.53. The van der Waals surface area contributed by atoms with Crippen molar-refractivity contribution in [2.45, 2.75) is 13.0 Å². The van der Waals surface area contributed by atoms with Crippen molar-refractivity contribution in [3.05, 3.63) is 60.4 Å². The molecule has 4 aromatic heterocycles. The van der Waals surface area contributed by atoms with Crippen LogP contribution in [0.5, 0.6) is 11.5 Å². The van der Waals surface area contributed by atoms with Crippen molar-refractivity contribution >= 4 is 45.7 Å². The van der Waals surface area contributed by atoms with E-state index in [-0.39, 0.29) is 6.10 Å². The maximum Gasteiger partial charge on any atom is 0.226 e. The summed E-state index contributed by atoms with van der Waals surface area (Å²) in [5, 5.41) is 7.81. The standard InChI is InChI=1S/C23H20ClN9O2/c1-14-11-32(6-7-34-14)23-25-10-18-21(31-23)22(28-12-26-18)30-15-2-3-19(17(24)8-15)35-16-4-5-33-20(9-16)27-13-29-33/h2-5,8-10,12-14H,6-7,11H2,1H3,(H,26,28,30)/t14-/m0/s1. The molecule has 0 bridgehead atoms. The van der Waals surface area contributed by atoms with Gasteiger partial charge in [-0.1, -0.05) is 11.6 Å². The number of nitrogens with one attached hydrogen (secondary N) is 1. The summed E-state index contributed by atoms with van der Waals surface area (Å²) in [7, 11) is 0. The van der Waals surface area contributed by atoms with Crippen molar-refractivity contribution in [1.29, 1.82) is 0 Å². The summed E-state index contributed by atoms with van der Waals surface area (Å²) in [5.74, 6) is 2.30. The van der Waals surface area contributed by atoms with Crippen LogP contribution in [0, 0.1) is 0 Å². The molecule has 176 valence electrons. The number of fused-ring (bicyclic) bond motifs is 2. The number of ether oxygens (including phenoxy) is 2. The quantitative estimate of drug-likeness (QED) is 0.390. The second-order valence-electron chi connectivity index (χ2n) is 8.05. The monoisotopic (exact) mass is 489 g/mol. The van der Waals surface area contributed by atoms with Crippen LogP contribution in [0.2, 0.25) is 5.02 Å². The molecule has 5 aromatic rings. The van der Waals surface area contributed by atoms with Gasteiger partial charge in [-0.25, -0.2) is 29.4 Å². The molecule has 5 heterocycles. The van der Waals surface area contributed by atoms with E-state index in [1.807, 2.05) is 13.0 Å². The average molecular weight is 490 g/mol. The number of pyridine rings is 1. The van der Waals surface area contributed by atoms with Gasteiger partial charge in [-0.15, -0.1) is 0 Å². The third-order valence-electron chi connectivity index (χ3n) is 5.56. The number of hydrogen-bond acceptors (Lipinski definition) is 10. The summed E-state index contributed by atoms with van der Waals surface area (Å²) in [6.45, 7) is 4.13. The Morgan fingerprint density at radius 1 is 1.11 bits per heavy atom. The fourth-order valence-electron chi connectivity index (χ4n) is 3.87. The predicted octanol–water partition coefficient (Wildman–Crippen LogP) is 3.88. The zero-order valence-electron chi connectivity index (χ0n) is 18.7. The van der Waals surface area contributed by atoms with Gasteiger partial charge in [0.2, 0.25) is 5.95 Å². The molecule has 0 saturated carbocycles. The topological polar surface area (TPSA) is 115 Å². The van der Waals surface area contributed by atoms with Crippen LogP contribution < -0.4 is 15.0 Å². The Bertz CT molecular complexity index is 1530. The highest BCUT2D eigenvalue weighted by Crippen LogP contribution is 2.33. The van der Waals surface area contributed by atoms with Gasteiger partial charge in [0, 0.05) is 31.0 Å². The van der Waals surface area contributed by atoms with E-state index >= 15 is 0 Å².